The van der Waals surface area contributed by atoms with Gasteiger partial charge in [-0.15, -0.1) is 16.9 Å². The van der Waals surface area contributed by atoms with Gasteiger partial charge in [0, 0.05) is 6.42 Å². The molecule has 3 aromatic rings. The fourth-order valence-electron chi connectivity index (χ4n) is 2.21. The predicted octanol–water partition coefficient (Wildman–Crippen LogP) is 3.38. The van der Waals surface area contributed by atoms with Gasteiger partial charge in [-0.1, -0.05) is 36.7 Å². The summed E-state index contributed by atoms with van der Waals surface area (Å²) in [5, 5.41) is 16.1. The van der Waals surface area contributed by atoms with E-state index < -0.39 is 0 Å². The number of aryl methyl sites for hydroxylation is 1. The lowest BCUT2D eigenvalue weighted by atomic mass is 10.2. The zero-order chi connectivity index (χ0) is 16.8. The van der Waals surface area contributed by atoms with Crippen molar-refractivity contribution >= 4 is 11.8 Å². The predicted molar refractivity (Wildman–Crippen MR) is 91.8 cm³/mol. The quantitative estimate of drug-likeness (QED) is 0.619. The van der Waals surface area contributed by atoms with Crippen molar-refractivity contribution in [3.05, 3.63) is 47.9 Å². The smallest absolute Gasteiger partial charge is 0.239 e. The maximum Gasteiger partial charge on any atom is 0.239 e. The van der Waals surface area contributed by atoms with Crippen molar-refractivity contribution in [1.29, 1.82) is 0 Å². The molecule has 2 heterocycles. The standard InChI is InChI=1S/C16H20N6OS/c1-3-4-10-14-17-16(23-19-14)12(2)24-11-15-18-20-21-22(15)13-8-6-5-7-9-13/h5-9,12H,3-4,10-11H2,1-2H3/t12-/m0/s1. The Morgan fingerprint density at radius 3 is 2.88 bits per heavy atom. The molecule has 0 N–H and O–H groups in total. The van der Waals surface area contributed by atoms with Crippen LogP contribution in [0, 0.1) is 0 Å². The summed E-state index contributed by atoms with van der Waals surface area (Å²) < 4.78 is 7.12. The minimum absolute atomic E-state index is 0.0915. The zero-order valence-electron chi connectivity index (χ0n) is 13.8. The van der Waals surface area contributed by atoms with Crippen LogP contribution in [-0.2, 0) is 12.2 Å². The molecule has 24 heavy (non-hydrogen) atoms. The van der Waals surface area contributed by atoms with E-state index in [1.54, 1.807) is 16.4 Å². The Morgan fingerprint density at radius 1 is 1.25 bits per heavy atom. The lowest BCUT2D eigenvalue weighted by molar-refractivity contribution is 0.374. The van der Waals surface area contributed by atoms with Crippen LogP contribution in [-0.4, -0.2) is 30.3 Å². The molecular formula is C16H20N6OS. The fraction of sp³-hybridized carbons (Fsp3) is 0.438. The average Bonchev–Trinajstić information content (AvgIpc) is 3.28. The molecule has 126 valence electrons. The van der Waals surface area contributed by atoms with Gasteiger partial charge in [0.25, 0.3) is 0 Å². The van der Waals surface area contributed by atoms with Gasteiger partial charge in [0.05, 0.1) is 16.7 Å². The Balaban J connectivity index is 1.62. The number of tetrazole rings is 1. The highest BCUT2D eigenvalue weighted by molar-refractivity contribution is 7.98. The second kappa shape index (κ2) is 8.05. The number of hydrogen-bond acceptors (Lipinski definition) is 7. The number of aromatic nitrogens is 6. The van der Waals surface area contributed by atoms with Crippen LogP contribution in [0.5, 0.6) is 0 Å². The highest BCUT2D eigenvalue weighted by Gasteiger charge is 2.17. The summed E-state index contributed by atoms with van der Waals surface area (Å²) >= 11 is 1.67. The monoisotopic (exact) mass is 344 g/mol. The third kappa shape index (κ3) is 4.00. The van der Waals surface area contributed by atoms with Crippen molar-refractivity contribution in [3.8, 4) is 5.69 Å². The number of nitrogens with zero attached hydrogens (tertiary/aromatic N) is 6. The van der Waals surface area contributed by atoms with Crippen LogP contribution in [0.15, 0.2) is 34.9 Å². The van der Waals surface area contributed by atoms with Crippen molar-refractivity contribution < 1.29 is 4.52 Å². The van der Waals surface area contributed by atoms with Crippen molar-refractivity contribution in [2.75, 3.05) is 0 Å². The molecule has 0 aliphatic rings. The maximum absolute atomic E-state index is 5.37. The second-order valence-electron chi connectivity index (χ2n) is 5.45. The van der Waals surface area contributed by atoms with Gasteiger partial charge in [0.1, 0.15) is 0 Å². The van der Waals surface area contributed by atoms with Gasteiger partial charge in [-0.2, -0.15) is 9.67 Å². The summed E-state index contributed by atoms with van der Waals surface area (Å²) in [4.78, 5) is 4.47. The van der Waals surface area contributed by atoms with Gasteiger partial charge in [0.15, 0.2) is 11.6 Å². The normalized spacial score (nSPS) is 12.4. The molecule has 3 rings (SSSR count). The molecule has 1 aromatic carbocycles. The molecule has 0 unspecified atom stereocenters. The Bertz CT molecular complexity index is 757. The van der Waals surface area contributed by atoms with Crippen LogP contribution in [0.3, 0.4) is 0 Å². The zero-order valence-corrected chi connectivity index (χ0v) is 14.6. The van der Waals surface area contributed by atoms with Crippen LogP contribution in [0.25, 0.3) is 5.69 Å². The number of hydrogen-bond donors (Lipinski definition) is 0. The Kier molecular flexibility index (Phi) is 5.58. The minimum Gasteiger partial charge on any atom is -0.338 e. The van der Waals surface area contributed by atoms with E-state index >= 15 is 0 Å². The summed E-state index contributed by atoms with van der Waals surface area (Å²) in [6.45, 7) is 4.20. The summed E-state index contributed by atoms with van der Waals surface area (Å²) in [6, 6.07) is 9.85. The molecule has 0 aliphatic heterocycles. The molecule has 0 saturated carbocycles. The fourth-order valence-corrected chi connectivity index (χ4v) is 3.02. The highest BCUT2D eigenvalue weighted by atomic mass is 32.2. The van der Waals surface area contributed by atoms with E-state index in [9.17, 15) is 0 Å². The molecule has 8 heteroatoms. The van der Waals surface area contributed by atoms with E-state index in [0.29, 0.717) is 11.6 Å². The van der Waals surface area contributed by atoms with E-state index in [4.69, 9.17) is 4.52 Å². The largest absolute Gasteiger partial charge is 0.338 e. The molecule has 0 spiro atoms. The lowest BCUT2D eigenvalue weighted by Crippen LogP contribution is -2.02. The molecule has 7 nitrogen and oxygen atoms in total. The highest BCUT2D eigenvalue weighted by Crippen LogP contribution is 2.29. The van der Waals surface area contributed by atoms with E-state index in [-0.39, 0.29) is 5.25 Å². The first-order chi connectivity index (χ1) is 11.8. The first-order valence-electron chi connectivity index (χ1n) is 8.04. The van der Waals surface area contributed by atoms with Crippen LogP contribution < -0.4 is 0 Å². The van der Waals surface area contributed by atoms with Gasteiger partial charge < -0.3 is 4.52 Å². The first kappa shape index (κ1) is 16.6. The number of thioether (sulfide) groups is 1. The summed E-state index contributed by atoms with van der Waals surface area (Å²) in [5.41, 5.74) is 0.949. The lowest BCUT2D eigenvalue weighted by Gasteiger charge is -2.07. The van der Waals surface area contributed by atoms with Crippen LogP contribution in [0.1, 0.15) is 49.5 Å². The summed E-state index contributed by atoms with van der Waals surface area (Å²) in [5.74, 6) is 2.90. The van der Waals surface area contributed by atoms with Crippen molar-refractivity contribution in [2.45, 2.75) is 44.1 Å². The molecule has 0 radical (unpaired) electrons. The van der Waals surface area contributed by atoms with Gasteiger partial charge in [0.2, 0.25) is 5.89 Å². The first-order valence-corrected chi connectivity index (χ1v) is 9.09. The van der Waals surface area contributed by atoms with Crippen molar-refractivity contribution in [3.63, 3.8) is 0 Å². The number of benzene rings is 1. The average molecular weight is 344 g/mol. The van der Waals surface area contributed by atoms with E-state index in [1.165, 1.54) is 0 Å². The van der Waals surface area contributed by atoms with Gasteiger partial charge in [-0.3, -0.25) is 0 Å². The van der Waals surface area contributed by atoms with E-state index in [0.717, 1.165) is 36.6 Å². The minimum atomic E-state index is 0.0915. The molecule has 0 fully saturated rings. The Morgan fingerprint density at radius 2 is 2.08 bits per heavy atom. The molecular weight excluding hydrogens is 324 g/mol. The summed E-state index contributed by atoms with van der Waals surface area (Å²) in [7, 11) is 0. The van der Waals surface area contributed by atoms with Crippen LogP contribution in [0.2, 0.25) is 0 Å². The maximum atomic E-state index is 5.37. The topological polar surface area (TPSA) is 82.5 Å². The SMILES string of the molecule is CCCCc1noc([C@H](C)SCc2nnnn2-c2ccccc2)n1. The van der Waals surface area contributed by atoms with E-state index in [1.807, 2.05) is 30.3 Å². The third-order valence-electron chi connectivity index (χ3n) is 3.58. The molecule has 1 atom stereocenters. The van der Waals surface area contributed by atoms with Gasteiger partial charge >= 0.3 is 0 Å². The Hall–Kier alpha value is -2.22. The van der Waals surface area contributed by atoms with Crippen LogP contribution >= 0.6 is 11.8 Å². The van der Waals surface area contributed by atoms with Gasteiger partial charge in [-0.05, 0) is 35.9 Å². The second-order valence-corrected chi connectivity index (χ2v) is 6.78. The molecule has 0 saturated heterocycles. The number of para-hydroxylation sites is 1. The molecule has 0 amide bonds. The molecule has 0 aliphatic carbocycles. The van der Waals surface area contributed by atoms with Crippen molar-refractivity contribution in [1.82, 2.24) is 30.3 Å². The molecule has 0 bridgehead atoms. The molecule has 2 aromatic heterocycles. The van der Waals surface area contributed by atoms with Crippen molar-refractivity contribution in [2.24, 2.45) is 0 Å². The van der Waals surface area contributed by atoms with Gasteiger partial charge in [-0.25, -0.2) is 0 Å². The number of unbranched alkanes of at least 4 members (excludes halogenated alkanes) is 1. The Labute approximate surface area is 144 Å². The number of rotatable bonds is 8. The summed E-state index contributed by atoms with van der Waals surface area (Å²) in [6.07, 6.45) is 3.06. The van der Waals surface area contributed by atoms with E-state index in [2.05, 4.69) is 39.5 Å². The third-order valence-corrected chi connectivity index (χ3v) is 4.71. The van der Waals surface area contributed by atoms with Crippen LogP contribution in [0.4, 0.5) is 0 Å².